The van der Waals surface area contributed by atoms with Gasteiger partial charge in [-0.2, -0.15) is 0 Å². The molecule has 0 saturated heterocycles. The van der Waals surface area contributed by atoms with Crippen LogP contribution in [0, 0.1) is 23.7 Å². The van der Waals surface area contributed by atoms with E-state index in [2.05, 4.69) is 179 Å². The molecule has 0 aliphatic heterocycles. The van der Waals surface area contributed by atoms with E-state index in [9.17, 15) is 0 Å². The summed E-state index contributed by atoms with van der Waals surface area (Å²) in [5.41, 5.74) is 17.1. The molecule has 11 aromatic rings. The van der Waals surface area contributed by atoms with Crippen molar-refractivity contribution < 1.29 is 0 Å². The fraction of sp³-hybridized carbons (Fsp3) is 0.169. The molecule has 3 aromatic heterocycles. The number of aromatic nitrogens is 3. The van der Waals surface area contributed by atoms with Crippen LogP contribution in [-0.2, 0) is 5.41 Å². The third-order valence-corrected chi connectivity index (χ3v) is 16.3. The first-order valence-electron chi connectivity index (χ1n) is 22.8. The van der Waals surface area contributed by atoms with Crippen LogP contribution in [0.25, 0.3) is 98.9 Å². The molecule has 0 unspecified atom stereocenters. The van der Waals surface area contributed by atoms with Crippen molar-refractivity contribution in [2.24, 2.45) is 23.7 Å². The molecule has 3 nitrogen and oxygen atoms in total. The Morgan fingerprint density at radius 1 is 0.435 bits per heavy atom. The molecule has 3 heteroatoms. The maximum atomic E-state index is 4.88. The quantitative estimate of drug-likeness (QED) is 0.175. The first-order valence-corrected chi connectivity index (χ1v) is 22.8. The molecule has 4 fully saturated rings. The van der Waals surface area contributed by atoms with E-state index in [0.29, 0.717) is 0 Å². The zero-order chi connectivity index (χ0) is 40.3. The Balaban J connectivity index is 0.951. The van der Waals surface area contributed by atoms with Crippen molar-refractivity contribution in [1.29, 1.82) is 0 Å². The molecule has 294 valence electrons. The summed E-state index contributed by atoms with van der Waals surface area (Å²) < 4.78 is 5.03. The van der Waals surface area contributed by atoms with E-state index in [4.69, 9.17) is 4.98 Å². The summed E-state index contributed by atoms with van der Waals surface area (Å²) in [6.07, 6.45) is 8.94. The SMILES string of the molecule is c1ccc2c(c1)-c1c(-n3c4ccc(-c5ccc6c(c5)c5ccccc5n6-c5ccc6ccccc6c5)cc4c4cc5ncccc5cc43)cccc1C21C2CC3CC(C2)CC1C3. The molecule has 16 rings (SSSR count). The van der Waals surface area contributed by atoms with Gasteiger partial charge in [0.15, 0.2) is 0 Å². The Kier molecular flexibility index (Phi) is 6.58. The van der Waals surface area contributed by atoms with Crippen LogP contribution >= 0.6 is 0 Å². The first-order chi connectivity index (χ1) is 30.7. The average molecular weight is 794 g/mol. The molecule has 0 atom stereocenters. The van der Waals surface area contributed by atoms with E-state index in [0.717, 1.165) is 29.2 Å². The zero-order valence-electron chi connectivity index (χ0n) is 34.4. The zero-order valence-corrected chi connectivity index (χ0v) is 34.4. The van der Waals surface area contributed by atoms with Gasteiger partial charge in [0.25, 0.3) is 0 Å². The van der Waals surface area contributed by atoms with Gasteiger partial charge in [-0.25, -0.2) is 0 Å². The third kappa shape index (κ3) is 4.33. The molecule has 8 aromatic carbocycles. The van der Waals surface area contributed by atoms with Gasteiger partial charge in [-0.1, -0.05) is 103 Å². The number of rotatable bonds is 3. The number of nitrogens with zero attached hydrogens (tertiary/aromatic N) is 3. The normalized spacial score (nSPS) is 22.3. The van der Waals surface area contributed by atoms with E-state index in [1.807, 2.05) is 6.20 Å². The standard InChI is InChI=1S/C59H43N3/c1-2-10-38-30-44(21-18-37(38)9-1)61-53-16-6-4-12-45(53)47-31-39(19-22-54(47)61)40-20-23-55-48(32-40)49-34-52-41(11-8-24-60-52)33-57(49)62(55)56-17-7-15-51-58(56)46-13-3-5-14-50(46)59(51)42-26-35-25-36(28-42)29-43(59)27-35/h1-24,30-36,42-43H,25-29H2. The molecule has 0 radical (unpaired) electrons. The van der Waals surface area contributed by atoms with Crippen molar-refractivity contribution in [2.75, 3.05) is 0 Å². The number of hydrogen-bond donors (Lipinski definition) is 0. The van der Waals surface area contributed by atoms with Crippen molar-refractivity contribution in [3.8, 4) is 33.6 Å². The van der Waals surface area contributed by atoms with Crippen molar-refractivity contribution in [3.63, 3.8) is 0 Å². The number of benzene rings is 8. The number of pyridine rings is 1. The van der Waals surface area contributed by atoms with Gasteiger partial charge in [-0.3, -0.25) is 4.98 Å². The molecule has 5 aliphatic rings. The molecule has 3 heterocycles. The molecular weight excluding hydrogens is 751 g/mol. The molecule has 1 spiro atoms. The lowest BCUT2D eigenvalue weighted by molar-refractivity contribution is -0.0399. The monoisotopic (exact) mass is 793 g/mol. The van der Waals surface area contributed by atoms with Crippen molar-refractivity contribution in [2.45, 2.75) is 37.5 Å². The predicted octanol–water partition coefficient (Wildman–Crippen LogP) is 15.0. The molecule has 0 amide bonds. The maximum Gasteiger partial charge on any atom is 0.0709 e. The number of fused-ring (bicyclic) bond motifs is 11. The summed E-state index contributed by atoms with van der Waals surface area (Å²) in [6, 6.07) is 64.5. The van der Waals surface area contributed by atoms with Crippen LogP contribution in [0.15, 0.2) is 176 Å². The minimum absolute atomic E-state index is 0.119. The third-order valence-electron chi connectivity index (χ3n) is 16.3. The largest absolute Gasteiger partial charge is 0.309 e. The van der Waals surface area contributed by atoms with Gasteiger partial charge in [-0.05, 0) is 161 Å². The fourth-order valence-corrected chi connectivity index (χ4v) is 14.1. The highest BCUT2D eigenvalue weighted by molar-refractivity contribution is 6.15. The van der Waals surface area contributed by atoms with Gasteiger partial charge in [0, 0.05) is 49.8 Å². The van der Waals surface area contributed by atoms with Crippen LogP contribution in [0.2, 0.25) is 0 Å². The second-order valence-electron chi connectivity index (χ2n) is 19.2. The van der Waals surface area contributed by atoms with Crippen molar-refractivity contribution in [3.05, 3.63) is 187 Å². The minimum atomic E-state index is 0.119. The molecule has 62 heavy (non-hydrogen) atoms. The van der Waals surface area contributed by atoms with E-state index in [1.165, 1.54) is 126 Å². The molecule has 4 saturated carbocycles. The van der Waals surface area contributed by atoms with Crippen LogP contribution in [-0.4, -0.2) is 14.1 Å². The van der Waals surface area contributed by atoms with Crippen LogP contribution in [0.5, 0.6) is 0 Å². The van der Waals surface area contributed by atoms with Gasteiger partial charge >= 0.3 is 0 Å². The molecule has 4 bridgehead atoms. The fourth-order valence-electron chi connectivity index (χ4n) is 14.1. The summed E-state index contributed by atoms with van der Waals surface area (Å²) in [4.78, 5) is 4.88. The highest BCUT2D eigenvalue weighted by atomic mass is 15.0. The van der Waals surface area contributed by atoms with Gasteiger partial charge in [0.2, 0.25) is 0 Å². The number of hydrogen-bond acceptors (Lipinski definition) is 1. The van der Waals surface area contributed by atoms with E-state index < -0.39 is 0 Å². The van der Waals surface area contributed by atoms with Crippen molar-refractivity contribution >= 4 is 65.3 Å². The molecular formula is C59H43N3. The Morgan fingerprint density at radius 2 is 1.10 bits per heavy atom. The lowest BCUT2D eigenvalue weighted by Crippen LogP contribution is -2.55. The van der Waals surface area contributed by atoms with Crippen LogP contribution in [0.4, 0.5) is 0 Å². The van der Waals surface area contributed by atoms with Gasteiger partial charge < -0.3 is 9.13 Å². The van der Waals surface area contributed by atoms with Gasteiger partial charge in [-0.15, -0.1) is 0 Å². The topological polar surface area (TPSA) is 22.8 Å². The minimum Gasteiger partial charge on any atom is -0.309 e. The lowest BCUT2D eigenvalue weighted by Gasteiger charge is -2.61. The summed E-state index contributed by atoms with van der Waals surface area (Å²) in [7, 11) is 0. The summed E-state index contributed by atoms with van der Waals surface area (Å²) >= 11 is 0. The Hall–Kier alpha value is -6.97. The Morgan fingerprint density at radius 3 is 1.94 bits per heavy atom. The van der Waals surface area contributed by atoms with Crippen LogP contribution < -0.4 is 0 Å². The van der Waals surface area contributed by atoms with Crippen LogP contribution in [0.3, 0.4) is 0 Å². The number of para-hydroxylation sites is 1. The summed E-state index contributed by atoms with van der Waals surface area (Å²) in [5, 5.41) is 8.72. The average Bonchev–Trinajstić information content (AvgIpc) is 3.93. The smallest absolute Gasteiger partial charge is 0.0709 e. The first kappa shape index (κ1) is 33.7. The second kappa shape index (κ2) is 12.1. The molecule has 0 N–H and O–H groups in total. The van der Waals surface area contributed by atoms with Crippen molar-refractivity contribution in [1.82, 2.24) is 14.1 Å². The van der Waals surface area contributed by atoms with E-state index >= 15 is 0 Å². The van der Waals surface area contributed by atoms with Gasteiger partial charge in [0.1, 0.15) is 0 Å². The highest BCUT2D eigenvalue weighted by Crippen LogP contribution is 2.70. The summed E-state index contributed by atoms with van der Waals surface area (Å²) in [5.74, 6) is 3.29. The van der Waals surface area contributed by atoms with E-state index in [-0.39, 0.29) is 5.41 Å². The lowest BCUT2D eigenvalue weighted by atomic mass is 9.43. The maximum absolute atomic E-state index is 4.88. The Labute approximate surface area is 359 Å². The predicted molar refractivity (Wildman–Crippen MR) is 257 cm³/mol. The highest BCUT2D eigenvalue weighted by Gasteiger charge is 2.61. The van der Waals surface area contributed by atoms with Gasteiger partial charge in [0.05, 0.1) is 33.3 Å². The van der Waals surface area contributed by atoms with Crippen LogP contribution in [0.1, 0.15) is 43.2 Å². The Bertz CT molecular complexity index is 3700. The summed E-state index contributed by atoms with van der Waals surface area (Å²) in [6.45, 7) is 0. The molecule has 5 aliphatic carbocycles. The second-order valence-corrected chi connectivity index (χ2v) is 19.2. The van der Waals surface area contributed by atoms with E-state index in [1.54, 1.807) is 11.1 Å².